The summed E-state index contributed by atoms with van der Waals surface area (Å²) in [5.41, 5.74) is 0. The van der Waals surface area contributed by atoms with Gasteiger partial charge in [-0.15, -0.1) is 10.2 Å². The molecule has 158 valence electrons. The van der Waals surface area contributed by atoms with Crippen molar-refractivity contribution in [3.05, 3.63) is 11.6 Å². The zero-order chi connectivity index (χ0) is 19.8. The number of piperidine rings is 1. The maximum absolute atomic E-state index is 5.73. The molecule has 0 amide bonds. The number of nitrogens with zero attached hydrogens (tertiary/aromatic N) is 5. The number of ether oxygens (including phenoxy) is 1. The molecule has 0 aromatic carbocycles. The van der Waals surface area contributed by atoms with Crippen molar-refractivity contribution in [1.29, 1.82) is 0 Å². The van der Waals surface area contributed by atoms with Crippen molar-refractivity contribution >= 4 is 5.96 Å². The first kappa shape index (κ1) is 21.0. The number of likely N-dealkylation sites (tertiary alicyclic amines) is 1. The number of hydrogen-bond donors (Lipinski definition) is 2. The van der Waals surface area contributed by atoms with Crippen molar-refractivity contribution in [3.8, 4) is 0 Å². The van der Waals surface area contributed by atoms with E-state index in [0.717, 1.165) is 69.2 Å². The lowest BCUT2D eigenvalue weighted by molar-refractivity contribution is 0.113. The lowest BCUT2D eigenvalue weighted by Crippen LogP contribution is -2.43. The maximum Gasteiger partial charge on any atom is 0.191 e. The van der Waals surface area contributed by atoms with E-state index >= 15 is 0 Å². The van der Waals surface area contributed by atoms with Crippen molar-refractivity contribution in [2.24, 2.45) is 12.0 Å². The van der Waals surface area contributed by atoms with Crippen LogP contribution in [0, 0.1) is 6.92 Å². The van der Waals surface area contributed by atoms with Gasteiger partial charge in [0, 0.05) is 39.3 Å². The molecule has 3 rings (SSSR count). The molecule has 0 spiro atoms. The van der Waals surface area contributed by atoms with Crippen molar-refractivity contribution in [2.45, 2.75) is 71.1 Å². The van der Waals surface area contributed by atoms with E-state index in [1.165, 1.54) is 25.8 Å². The zero-order valence-electron chi connectivity index (χ0n) is 17.8. The summed E-state index contributed by atoms with van der Waals surface area (Å²) in [5, 5.41) is 15.3. The molecule has 0 bridgehead atoms. The third kappa shape index (κ3) is 6.17. The minimum Gasteiger partial charge on any atom is -0.376 e. The SMILES string of the molecule is Cc1nnc(CN=C(NCCCN2CCCCC2C)NCC2CCCO2)n1C. The molecule has 2 saturated heterocycles. The van der Waals surface area contributed by atoms with Crippen LogP contribution in [-0.4, -0.2) is 70.6 Å². The van der Waals surface area contributed by atoms with Gasteiger partial charge in [0.2, 0.25) is 0 Å². The van der Waals surface area contributed by atoms with Crippen LogP contribution >= 0.6 is 0 Å². The maximum atomic E-state index is 5.73. The van der Waals surface area contributed by atoms with Gasteiger partial charge in [-0.3, -0.25) is 0 Å². The van der Waals surface area contributed by atoms with E-state index in [9.17, 15) is 0 Å². The normalized spacial score (nSPS) is 23.9. The molecule has 28 heavy (non-hydrogen) atoms. The van der Waals surface area contributed by atoms with Crippen LogP contribution in [-0.2, 0) is 18.3 Å². The fourth-order valence-corrected chi connectivity index (χ4v) is 3.91. The van der Waals surface area contributed by atoms with Gasteiger partial charge in [-0.25, -0.2) is 4.99 Å². The predicted molar refractivity (Wildman–Crippen MR) is 111 cm³/mol. The number of aromatic nitrogens is 3. The van der Waals surface area contributed by atoms with Crippen LogP contribution in [0.1, 0.15) is 57.1 Å². The first-order valence-electron chi connectivity index (χ1n) is 10.9. The number of aryl methyl sites for hydroxylation is 1. The summed E-state index contributed by atoms with van der Waals surface area (Å²) in [6, 6.07) is 0.721. The Morgan fingerprint density at radius 1 is 1.21 bits per heavy atom. The summed E-state index contributed by atoms with van der Waals surface area (Å²) in [7, 11) is 1.98. The Balaban J connectivity index is 1.48. The average molecular weight is 392 g/mol. The van der Waals surface area contributed by atoms with Crippen molar-refractivity contribution in [2.75, 3.05) is 32.8 Å². The summed E-state index contributed by atoms with van der Waals surface area (Å²) < 4.78 is 7.71. The van der Waals surface area contributed by atoms with Crippen molar-refractivity contribution in [1.82, 2.24) is 30.3 Å². The van der Waals surface area contributed by atoms with Gasteiger partial charge in [-0.1, -0.05) is 6.42 Å². The van der Waals surface area contributed by atoms with Crippen LogP contribution < -0.4 is 10.6 Å². The third-order valence-electron chi connectivity index (χ3n) is 5.94. The van der Waals surface area contributed by atoms with Gasteiger partial charge in [-0.2, -0.15) is 0 Å². The molecular weight excluding hydrogens is 354 g/mol. The van der Waals surface area contributed by atoms with E-state index in [4.69, 9.17) is 9.73 Å². The Labute approximate surface area is 169 Å². The second-order valence-electron chi connectivity index (χ2n) is 8.06. The molecule has 2 N–H and O–H groups in total. The quantitative estimate of drug-likeness (QED) is 0.398. The largest absolute Gasteiger partial charge is 0.376 e. The second kappa shape index (κ2) is 10.8. The van der Waals surface area contributed by atoms with Crippen LogP contribution in [0.15, 0.2) is 4.99 Å². The Morgan fingerprint density at radius 2 is 2.11 bits per heavy atom. The average Bonchev–Trinajstić information content (AvgIpc) is 3.33. The number of aliphatic imine (C=N–C) groups is 1. The van der Waals surface area contributed by atoms with Gasteiger partial charge in [0.25, 0.3) is 0 Å². The highest BCUT2D eigenvalue weighted by molar-refractivity contribution is 5.79. The van der Waals surface area contributed by atoms with E-state index in [1.807, 2.05) is 18.5 Å². The molecule has 8 nitrogen and oxygen atoms in total. The van der Waals surface area contributed by atoms with Crippen LogP contribution in [0.25, 0.3) is 0 Å². The summed E-state index contributed by atoms with van der Waals surface area (Å²) in [4.78, 5) is 7.35. The Hall–Kier alpha value is -1.67. The molecule has 0 aliphatic carbocycles. The monoisotopic (exact) mass is 391 g/mol. The predicted octanol–water partition coefficient (Wildman–Crippen LogP) is 1.60. The van der Waals surface area contributed by atoms with E-state index in [2.05, 4.69) is 32.7 Å². The molecule has 1 aromatic heterocycles. The van der Waals surface area contributed by atoms with Crippen LogP contribution in [0.4, 0.5) is 0 Å². The van der Waals surface area contributed by atoms with E-state index < -0.39 is 0 Å². The molecule has 2 atom stereocenters. The van der Waals surface area contributed by atoms with Gasteiger partial charge >= 0.3 is 0 Å². The second-order valence-corrected chi connectivity index (χ2v) is 8.06. The van der Waals surface area contributed by atoms with Crippen molar-refractivity contribution < 1.29 is 4.74 Å². The molecule has 2 aliphatic rings. The molecular formula is C20H37N7O. The van der Waals surface area contributed by atoms with E-state index in [-0.39, 0.29) is 0 Å². The Bertz CT molecular complexity index is 624. The lowest BCUT2D eigenvalue weighted by Gasteiger charge is -2.33. The van der Waals surface area contributed by atoms with Gasteiger partial charge in [0.15, 0.2) is 11.8 Å². The number of guanidine groups is 1. The molecule has 3 heterocycles. The standard InChI is InChI=1S/C20H37N7O/c1-16-8-4-5-11-27(16)12-7-10-21-20(22-14-18-9-6-13-28-18)23-15-19-25-24-17(2)26(19)3/h16,18H,4-15H2,1-3H3,(H2,21,22,23). The molecule has 1 aromatic rings. The first-order valence-corrected chi connectivity index (χ1v) is 10.9. The molecule has 8 heteroatoms. The molecule has 0 radical (unpaired) electrons. The third-order valence-corrected chi connectivity index (χ3v) is 5.94. The topological polar surface area (TPSA) is 79.6 Å². The summed E-state index contributed by atoms with van der Waals surface area (Å²) in [6.07, 6.45) is 7.73. The Morgan fingerprint density at radius 3 is 2.82 bits per heavy atom. The highest BCUT2D eigenvalue weighted by atomic mass is 16.5. The van der Waals surface area contributed by atoms with E-state index in [1.54, 1.807) is 0 Å². The first-order chi connectivity index (χ1) is 13.6. The van der Waals surface area contributed by atoms with Crippen LogP contribution in [0.2, 0.25) is 0 Å². The lowest BCUT2D eigenvalue weighted by atomic mass is 10.0. The molecule has 2 unspecified atom stereocenters. The Kier molecular flexibility index (Phi) is 8.09. The highest BCUT2D eigenvalue weighted by Gasteiger charge is 2.18. The van der Waals surface area contributed by atoms with Crippen LogP contribution in [0.5, 0.6) is 0 Å². The fraction of sp³-hybridized carbons (Fsp3) is 0.850. The fourth-order valence-electron chi connectivity index (χ4n) is 3.91. The van der Waals surface area contributed by atoms with Crippen molar-refractivity contribution in [3.63, 3.8) is 0 Å². The summed E-state index contributed by atoms with van der Waals surface area (Å²) >= 11 is 0. The minimum atomic E-state index is 0.290. The van der Waals surface area contributed by atoms with Crippen LogP contribution in [0.3, 0.4) is 0 Å². The van der Waals surface area contributed by atoms with Gasteiger partial charge in [0.1, 0.15) is 12.4 Å². The van der Waals surface area contributed by atoms with E-state index in [0.29, 0.717) is 12.6 Å². The summed E-state index contributed by atoms with van der Waals surface area (Å²) in [6.45, 7) is 9.80. The van der Waals surface area contributed by atoms with Gasteiger partial charge in [0.05, 0.1) is 6.10 Å². The number of hydrogen-bond acceptors (Lipinski definition) is 5. The van der Waals surface area contributed by atoms with Gasteiger partial charge < -0.3 is 24.8 Å². The minimum absolute atomic E-state index is 0.290. The molecule has 2 aliphatic heterocycles. The smallest absolute Gasteiger partial charge is 0.191 e. The van der Waals surface area contributed by atoms with Gasteiger partial charge in [-0.05, 0) is 52.5 Å². The highest BCUT2D eigenvalue weighted by Crippen LogP contribution is 2.16. The number of nitrogens with one attached hydrogen (secondary N) is 2. The number of rotatable bonds is 8. The zero-order valence-corrected chi connectivity index (χ0v) is 17.8. The molecule has 0 saturated carbocycles. The summed E-state index contributed by atoms with van der Waals surface area (Å²) in [5.74, 6) is 2.61. The molecule has 2 fully saturated rings.